The van der Waals surface area contributed by atoms with Crippen molar-refractivity contribution in [3.8, 4) is 0 Å². The maximum absolute atomic E-state index is 4.98. The van der Waals surface area contributed by atoms with E-state index in [0.717, 1.165) is 6.32 Å². The quantitative estimate of drug-likeness (QED) is 0.526. The summed E-state index contributed by atoms with van der Waals surface area (Å²) in [5.41, 5.74) is 0. The molecule has 2 nitrogen and oxygen atoms in total. The van der Waals surface area contributed by atoms with E-state index in [9.17, 15) is 0 Å². The Morgan fingerprint density at radius 3 is 2.11 bits per heavy atom. The molecule has 9 heavy (non-hydrogen) atoms. The van der Waals surface area contributed by atoms with E-state index in [1.807, 2.05) is 0 Å². The molecular formula is C6H15BO2. The number of hydrogen-bond donors (Lipinski definition) is 0. The van der Waals surface area contributed by atoms with Crippen molar-refractivity contribution in [3.63, 3.8) is 0 Å². The molecule has 0 spiro atoms. The Labute approximate surface area is 57.7 Å². The third-order valence-electron chi connectivity index (χ3n) is 1.32. The van der Waals surface area contributed by atoms with E-state index >= 15 is 0 Å². The van der Waals surface area contributed by atoms with Crippen LogP contribution >= 0.6 is 0 Å². The first-order valence-electron chi connectivity index (χ1n) is 3.40. The van der Waals surface area contributed by atoms with Crippen LogP contribution in [-0.2, 0) is 9.31 Å². The SMILES string of the molecule is CCCCB(OC)OC. The van der Waals surface area contributed by atoms with E-state index in [0.29, 0.717) is 0 Å². The molecule has 0 fully saturated rings. The average molecular weight is 130 g/mol. The first-order valence-corrected chi connectivity index (χ1v) is 3.40. The molecule has 0 aromatic carbocycles. The number of hydrogen-bond acceptors (Lipinski definition) is 2. The summed E-state index contributed by atoms with van der Waals surface area (Å²) in [6, 6.07) is 0. The molecule has 0 rings (SSSR count). The van der Waals surface area contributed by atoms with Crippen molar-refractivity contribution in [2.24, 2.45) is 0 Å². The minimum atomic E-state index is 0.00458. The summed E-state index contributed by atoms with van der Waals surface area (Å²) >= 11 is 0. The Morgan fingerprint density at radius 1 is 1.22 bits per heavy atom. The molecule has 0 N–H and O–H groups in total. The van der Waals surface area contributed by atoms with Gasteiger partial charge in [-0.15, -0.1) is 0 Å². The van der Waals surface area contributed by atoms with E-state index < -0.39 is 0 Å². The van der Waals surface area contributed by atoms with Crippen molar-refractivity contribution >= 4 is 7.12 Å². The molecule has 0 aliphatic heterocycles. The van der Waals surface area contributed by atoms with Gasteiger partial charge in [0.1, 0.15) is 0 Å². The molecule has 0 saturated heterocycles. The Balaban J connectivity index is 3.09. The normalized spacial score (nSPS) is 9.67. The highest BCUT2D eigenvalue weighted by atomic mass is 16.6. The Morgan fingerprint density at radius 2 is 1.78 bits per heavy atom. The van der Waals surface area contributed by atoms with Gasteiger partial charge in [-0.05, 0) is 6.32 Å². The Hall–Kier alpha value is -0.0151. The lowest BCUT2D eigenvalue weighted by Crippen LogP contribution is -2.18. The number of rotatable bonds is 5. The lowest BCUT2D eigenvalue weighted by molar-refractivity contribution is 0.276. The summed E-state index contributed by atoms with van der Waals surface area (Å²) in [5.74, 6) is 0. The van der Waals surface area contributed by atoms with Gasteiger partial charge in [0, 0.05) is 14.2 Å². The fourth-order valence-electron chi connectivity index (χ4n) is 0.703. The smallest absolute Gasteiger partial charge is 0.414 e. The molecule has 0 aliphatic carbocycles. The summed E-state index contributed by atoms with van der Waals surface area (Å²) in [4.78, 5) is 0. The fourth-order valence-corrected chi connectivity index (χ4v) is 0.703. The average Bonchev–Trinajstić information content (AvgIpc) is 1.91. The van der Waals surface area contributed by atoms with Gasteiger partial charge in [0.15, 0.2) is 0 Å². The van der Waals surface area contributed by atoms with Crippen LogP contribution in [0.2, 0.25) is 6.32 Å². The molecule has 0 unspecified atom stereocenters. The van der Waals surface area contributed by atoms with Crippen LogP contribution in [0.4, 0.5) is 0 Å². The van der Waals surface area contributed by atoms with Crippen molar-refractivity contribution in [1.29, 1.82) is 0 Å². The third-order valence-corrected chi connectivity index (χ3v) is 1.32. The molecule has 0 amide bonds. The minimum Gasteiger partial charge on any atom is -0.414 e. The van der Waals surface area contributed by atoms with Gasteiger partial charge in [-0.3, -0.25) is 0 Å². The van der Waals surface area contributed by atoms with Crippen LogP contribution in [0.1, 0.15) is 19.8 Å². The van der Waals surface area contributed by atoms with Gasteiger partial charge in [0.2, 0.25) is 0 Å². The molecule has 0 bridgehead atoms. The maximum atomic E-state index is 4.98. The van der Waals surface area contributed by atoms with Crippen molar-refractivity contribution in [2.75, 3.05) is 14.2 Å². The molecule has 0 heterocycles. The molecule has 0 radical (unpaired) electrons. The van der Waals surface area contributed by atoms with Crippen molar-refractivity contribution < 1.29 is 9.31 Å². The first kappa shape index (κ1) is 8.98. The highest BCUT2D eigenvalue weighted by Crippen LogP contribution is 2.01. The first-order chi connectivity index (χ1) is 4.35. The molecule has 54 valence electrons. The molecule has 0 aromatic rings. The third kappa shape index (κ3) is 4.49. The van der Waals surface area contributed by atoms with Crippen LogP contribution in [0.25, 0.3) is 0 Å². The molecule has 3 heteroatoms. The summed E-state index contributed by atoms with van der Waals surface area (Å²) < 4.78 is 9.96. The van der Waals surface area contributed by atoms with Gasteiger partial charge in [-0.1, -0.05) is 19.8 Å². The van der Waals surface area contributed by atoms with Crippen molar-refractivity contribution in [3.05, 3.63) is 0 Å². The van der Waals surface area contributed by atoms with Gasteiger partial charge >= 0.3 is 7.12 Å². The monoisotopic (exact) mass is 130 g/mol. The molecule has 0 aromatic heterocycles. The highest BCUT2D eigenvalue weighted by Gasteiger charge is 2.11. The van der Waals surface area contributed by atoms with Gasteiger partial charge in [-0.25, -0.2) is 0 Å². The topological polar surface area (TPSA) is 18.5 Å². The highest BCUT2D eigenvalue weighted by molar-refractivity contribution is 6.44. The zero-order valence-corrected chi connectivity index (χ0v) is 6.52. The lowest BCUT2D eigenvalue weighted by Gasteiger charge is -2.05. The predicted molar refractivity (Wildman–Crippen MR) is 39.5 cm³/mol. The van der Waals surface area contributed by atoms with Gasteiger partial charge < -0.3 is 9.31 Å². The van der Waals surface area contributed by atoms with Crippen LogP contribution in [0, 0.1) is 0 Å². The Bertz CT molecular complexity index is 55.0. The fraction of sp³-hybridized carbons (Fsp3) is 1.00. The second kappa shape index (κ2) is 6.11. The summed E-state index contributed by atoms with van der Waals surface area (Å²) in [5, 5.41) is 0. The largest absolute Gasteiger partial charge is 0.456 e. The van der Waals surface area contributed by atoms with Gasteiger partial charge in [-0.2, -0.15) is 0 Å². The summed E-state index contributed by atoms with van der Waals surface area (Å²) in [6.07, 6.45) is 3.37. The molecule has 0 saturated carbocycles. The maximum Gasteiger partial charge on any atom is 0.456 e. The Kier molecular flexibility index (Phi) is 6.10. The second-order valence-corrected chi connectivity index (χ2v) is 2.04. The zero-order chi connectivity index (χ0) is 7.11. The van der Waals surface area contributed by atoms with E-state index in [4.69, 9.17) is 9.31 Å². The predicted octanol–water partition coefficient (Wildman–Crippen LogP) is 1.57. The van der Waals surface area contributed by atoms with Gasteiger partial charge in [0.05, 0.1) is 0 Å². The van der Waals surface area contributed by atoms with E-state index in [1.165, 1.54) is 12.8 Å². The van der Waals surface area contributed by atoms with Crippen molar-refractivity contribution in [1.82, 2.24) is 0 Å². The number of unbranched alkanes of at least 4 members (excludes halogenated alkanes) is 1. The van der Waals surface area contributed by atoms with E-state index in [2.05, 4.69) is 6.92 Å². The van der Waals surface area contributed by atoms with Crippen molar-refractivity contribution in [2.45, 2.75) is 26.1 Å². The molecular weight excluding hydrogens is 115 g/mol. The summed E-state index contributed by atoms with van der Waals surface area (Å²) in [7, 11) is 3.35. The van der Waals surface area contributed by atoms with Gasteiger partial charge in [0.25, 0.3) is 0 Å². The van der Waals surface area contributed by atoms with Crippen LogP contribution in [0.5, 0.6) is 0 Å². The van der Waals surface area contributed by atoms with Crippen LogP contribution in [0.3, 0.4) is 0 Å². The second-order valence-electron chi connectivity index (χ2n) is 2.04. The molecule has 0 atom stereocenters. The lowest BCUT2D eigenvalue weighted by atomic mass is 9.82. The van der Waals surface area contributed by atoms with Crippen LogP contribution in [-0.4, -0.2) is 21.3 Å². The van der Waals surface area contributed by atoms with Crippen LogP contribution in [0.15, 0.2) is 0 Å². The molecule has 0 aliphatic rings. The minimum absolute atomic E-state index is 0.00458. The van der Waals surface area contributed by atoms with Crippen LogP contribution < -0.4 is 0 Å². The standard InChI is InChI=1S/C6H15BO2/c1-4-5-6-7(8-2)9-3/h4-6H2,1-3H3. The zero-order valence-electron chi connectivity index (χ0n) is 6.52. The summed E-state index contributed by atoms with van der Waals surface area (Å²) in [6.45, 7) is 2.16. The van der Waals surface area contributed by atoms with E-state index in [-0.39, 0.29) is 7.12 Å². The van der Waals surface area contributed by atoms with E-state index in [1.54, 1.807) is 14.2 Å².